The van der Waals surface area contributed by atoms with Crippen LogP contribution in [0.3, 0.4) is 0 Å². The van der Waals surface area contributed by atoms with Crippen molar-refractivity contribution in [1.29, 1.82) is 0 Å². The molecule has 0 spiro atoms. The second kappa shape index (κ2) is 8.92. The van der Waals surface area contributed by atoms with E-state index in [2.05, 4.69) is 5.32 Å². The molecule has 0 aliphatic carbocycles. The second-order valence-electron chi connectivity index (χ2n) is 8.65. The lowest BCUT2D eigenvalue weighted by Crippen LogP contribution is -2.31. The third kappa shape index (κ3) is 4.63. The molecule has 2 fully saturated rings. The Morgan fingerprint density at radius 1 is 1.03 bits per heavy atom. The van der Waals surface area contributed by atoms with Crippen molar-refractivity contribution < 1.29 is 14.4 Å². The number of para-hydroxylation sites is 1. The van der Waals surface area contributed by atoms with E-state index in [1.165, 1.54) is 5.56 Å². The molecule has 6 heteroatoms. The maximum atomic E-state index is 13.0. The molecule has 2 aliphatic heterocycles. The van der Waals surface area contributed by atoms with E-state index in [9.17, 15) is 14.4 Å². The predicted octanol–water partition coefficient (Wildman–Crippen LogP) is 3.53. The van der Waals surface area contributed by atoms with Crippen LogP contribution in [0.25, 0.3) is 0 Å². The molecule has 6 nitrogen and oxygen atoms in total. The van der Waals surface area contributed by atoms with Gasteiger partial charge in [-0.2, -0.15) is 0 Å². The second-order valence-corrected chi connectivity index (χ2v) is 8.65. The molecule has 3 amide bonds. The van der Waals surface area contributed by atoms with Gasteiger partial charge in [-0.05, 0) is 43.9 Å². The molecule has 0 aromatic heterocycles. The number of amides is 3. The molecule has 2 aromatic rings. The zero-order valence-corrected chi connectivity index (χ0v) is 18.2. The highest BCUT2D eigenvalue weighted by Gasteiger charge is 2.35. The number of hydrogen-bond acceptors (Lipinski definition) is 3. The van der Waals surface area contributed by atoms with Gasteiger partial charge in [0.05, 0.1) is 17.2 Å². The van der Waals surface area contributed by atoms with Crippen molar-refractivity contribution >= 4 is 23.4 Å². The van der Waals surface area contributed by atoms with Crippen molar-refractivity contribution in [3.8, 4) is 0 Å². The molecule has 1 atom stereocenters. The minimum atomic E-state index is -0.424. The third-order valence-electron chi connectivity index (χ3n) is 6.22. The maximum Gasteiger partial charge on any atom is 0.255 e. The number of rotatable bonds is 5. The van der Waals surface area contributed by atoms with Crippen LogP contribution in [0.1, 0.15) is 46.3 Å². The Balaban J connectivity index is 1.45. The summed E-state index contributed by atoms with van der Waals surface area (Å²) in [6.45, 7) is 6.32. The number of carbonyl (C=O) groups excluding carboxylic acids is 3. The minimum absolute atomic E-state index is 0.0149. The first-order chi connectivity index (χ1) is 14.9. The van der Waals surface area contributed by atoms with E-state index in [1.54, 1.807) is 11.0 Å². The average Bonchev–Trinajstić information content (AvgIpc) is 3.41. The highest BCUT2D eigenvalue weighted by Crippen LogP contribution is 2.27. The van der Waals surface area contributed by atoms with E-state index in [-0.39, 0.29) is 24.1 Å². The number of carbonyl (C=O) groups is 3. The number of anilines is 1. The van der Waals surface area contributed by atoms with Crippen molar-refractivity contribution in [1.82, 2.24) is 9.80 Å². The standard InChI is InChI=1S/C25H29N3O3/c1-17-8-10-19(11-9-17)15-28-16-20(14-22(28)29)24(30)26-23-18(2)6-5-7-21(23)25(31)27-12-3-4-13-27/h5-11,20H,3-4,12-16H2,1-2H3,(H,26,30). The number of likely N-dealkylation sites (tertiary alicyclic amines) is 2. The van der Waals surface area contributed by atoms with Gasteiger partial charge < -0.3 is 15.1 Å². The van der Waals surface area contributed by atoms with Crippen LogP contribution in [-0.2, 0) is 16.1 Å². The molecular weight excluding hydrogens is 390 g/mol. The Bertz CT molecular complexity index is 994. The quantitative estimate of drug-likeness (QED) is 0.806. The maximum absolute atomic E-state index is 13.0. The molecule has 2 aliphatic rings. The summed E-state index contributed by atoms with van der Waals surface area (Å²) < 4.78 is 0. The van der Waals surface area contributed by atoms with Gasteiger partial charge in [-0.1, -0.05) is 42.0 Å². The lowest BCUT2D eigenvalue weighted by molar-refractivity contribution is -0.128. The van der Waals surface area contributed by atoms with Gasteiger partial charge in [0, 0.05) is 32.6 Å². The van der Waals surface area contributed by atoms with E-state index >= 15 is 0 Å². The molecule has 0 saturated carbocycles. The number of benzene rings is 2. The monoisotopic (exact) mass is 419 g/mol. The lowest BCUT2D eigenvalue weighted by atomic mass is 10.0. The van der Waals surface area contributed by atoms with Crippen LogP contribution in [0.2, 0.25) is 0 Å². The van der Waals surface area contributed by atoms with Crippen molar-refractivity contribution in [2.24, 2.45) is 5.92 Å². The Morgan fingerprint density at radius 2 is 1.74 bits per heavy atom. The summed E-state index contributed by atoms with van der Waals surface area (Å²) in [5.41, 5.74) is 4.16. The van der Waals surface area contributed by atoms with Crippen LogP contribution in [-0.4, -0.2) is 47.2 Å². The minimum Gasteiger partial charge on any atom is -0.339 e. The third-order valence-corrected chi connectivity index (χ3v) is 6.22. The highest BCUT2D eigenvalue weighted by atomic mass is 16.2. The fourth-order valence-electron chi connectivity index (χ4n) is 4.34. The molecule has 2 saturated heterocycles. The van der Waals surface area contributed by atoms with Crippen LogP contribution in [0.15, 0.2) is 42.5 Å². The SMILES string of the molecule is Cc1ccc(CN2CC(C(=O)Nc3c(C)cccc3C(=O)N3CCCC3)CC2=O)cc1. The largest absolute Gasteiger partial charge is 0.339 e. The topological polar surface area (TPSA) is 69.7 Å². The highest BCUT2D eigenvalue weighted by molar-refractivity contribution is 6.06. The summed E-state index contributed by atoms with van der Waals surface area (Å²) in [5.74, 6) is -0.685. The van der Waals surface area contributed by atoms with Gasteiger partial charge in [0.15, 0.2) is 0 Å². The van der Waals surface area contributed by atoms with E-state index in [1.807, 2.05) is 55.1 Å². The summed E-state index contributed by atoms with van der Waals surface area (Å²) in [5, 5.41) is 2.97. The molecule has 2 aromatic carbocycles. The molecular formula is C25H29N3O3. The lowest BCUT2D eigenvalue weighted by Gasteiger charge is -2.20. The van der Waals surface area contributed by atoms with Crippen LogP contribution in [0.5, 0.6) is 0 Å². The average molecular weight is 420 g/mol. The van der Waals surface area contributed by atoms with Gasteiger partial charge in [-0.3, -0.25) is 14.4 Å². The van der Waals surface area contributed by atoms with Gasteiger partial charge in [-0.25, -0.2) is 0 Å². The Kier molecular flexibility index (Phi) is 6.07. The number of aryl methyl sites for hydroxylation is 2. The first-order valence-electron chi connectivity index (χ1n) is 11.0. The number of nitrogens with one attached hydrogen (secondary N) is 1. The first kappa shape index (κ1) is 21.1. The van der Waals surface area contributed by atoms with Crippen molar-refractivity contribution in [2.75, 3.05) is 25.0 Å². The summed E-state index contributed by atoms with van der Waals surface area (Å²) in [6, 6.07) is 13.6. The summed E-state index contributed by atoms with van der Waals surface area (Å²) in [6.07, 6.45) is 2.22. The Morgan fingerprint density at radius 3 is 2.45 bits per heavy atom. The van der Waals surface area contributed by atoms with Gasteiger partial charge in [-0.15, -0.1) is 0 Å². The normalized spacial score (nSPS) is 18.5. The Labute approximate surface area is 183 Å². The van der Waals surface area contributed by atoms with Crippen molar-refractivity contribution in [2.45, 2.75) is 39.7 Å². The van der Waals surface area contributed by atoms with Gasteiger partial charge in [0.1, 0.15) is 0 Å². The van der Waals surface area contributed by atoms with Crippen LogP contribution < -0.4 is 5.32 Å². The first-order valence-corrected chi connectivity index (χ1v) is 11.0. The predicted molar refractivity (Wildman–Crippen MR) is 120 cm³/mol. The van der Waals surface area contributed by atoms with E-state index in [0.29, 0.717) is 24.3 Å². The molecule has 1 unspecified atom stereocenters. The van der Waals surface area contributed by atoms with Crippen molar-refractivity contribution in [3.05, 3.63) is 64.7 Å². The summed E-state index contributed by atoms with van der Waals surface area (Å²) in [7, 11) is 0. The van der Waals surface area contributed by atoms with Gasteiger partial charge >= 0.3 is 0 Å². The van der Waals surface area contributed by atoms with Crippen LogP contribution >= 0.6 is 0 Å². The van der Waals surface area contributed by atoms with Crippen LogP contribution in [0.4, 0.5) is 5.69 Å². The molecule has 4 rings (SSSR count). The van der Waals surface area contributed by atoms with E-state index in [0.717, 1.165) is 37.1 Å². The zero-order chi connectivity index (χ0) is 22.0. The molecule has 2 heterocycles. The number of hydrogen-bond donors (Lipinski definition) is 1. The number of nitrogens with zero attached hydrogens (tertiary/aromatic N) is 2. The van der Waals surface area contributed by atoms with Crippen molar-refractivity contribution in [3.63, 3.8) is 0 Å². The summed E-state index contributed by atoms with van der Waals surface area (Å²) in [4.78, 5) is 42.1. The van der Waals surface area contributed by atoms with Crippen LogP contribution in [0, 0.1) is 19.8 Å². The fourth-order valence-corrected chi connectivity index (χ4v) is 4.34. The smallest absolute Gasteiger partial charge is 0.255 e. The summed E-state index contributed by atoms with van der Waals surface area (Å²) >= 11 is 0. The van der Waals surface area contributed by atoms with Gasteiger partial charge in [0.2, 0.25) is 11.8 Å². The van der Waals surface area contributed by atoms with E-state index < -0.39 is 5.92 Å². The van der Waals surface area contributed by atoms with E-state index in [4.69, 9.17) is 0 Å². The van der Waals surface area contributed by atoms with Gasteiger partial charge in [0.25, 0.3) is 5.91 Å². The molecule has 31 heavy (non-hydrogen) atoms. The fraction of sp³-hybridized carbons (Fsp3) is 0.400. The Hall–Kier alpha value is -3.15. The zero-order valence-electron chi connectivity index (χ0n) is 18.2. The molecule has 0 radical (unpaired) electrons. The molecule has 162 valence electrons. The molecule has 0 bridgehead atoms. The molecule has 1 N–H and O–H groups in total.